The van der Waals surface area contributed by atoms with Crippen LogP contribution in [0.15, 0.2) is 29.2 Å². The summed E-state index contributed by atoms with van der Waals surface area (Å²) < 4.78 is 2.01. The molecule has 0 radical (unpaired) electrons. The van der Waals surface area contributed by atoms with E-state index >= 15 is 0 Å². The van der Waals surface area contributed by atoms with Crippen LogP contribution in [-0.4, -0.2) is 21.8 Å². The highest BCUT2D eigenvalue weighted by Crippen LogP contribution is 2.33. The molecule has 0 bridgehead atoms. The fourth-order valence-corrected chi connectivity index (χ4v) is 1.91. The molecule has 88 valence electrons. The summed E-state index contributed by atoms with van der Waals surface area (Å²) in [5.74, 6) is 0. The number of hydrogen-bond acceptors (Lipinski definition) is 4. The number of rotatable bonds is 3. The van der Waals surface area contributed by atoms with E-state index in [2.05, 4.69) is 20.8 Å². The zero-order chi connectivity index (χ0) is 12.3. The molecular formula is C11H16N2O2S. The van der Waals surface area contributed by atoms with Gasteiger partial charge in [0.1, 0.15) is 4.90 Å². The molecule has 4 nitrogen and oxygen atoms in total. The van der Waals surface area contributed by atoms with Crippen LogP contribution in [0, 0.1) is 10.1 Å². The number of nitrogens with zero attached hydrogens (tertiary/aromatic N) is 2. The standard InChI is InChI=1S/C11H16N2O2S/c1-11(2,3)12(4)16-10-8-6-5-7-9(10)13(14)15/h5-8H,1-4H3. The van der Waals surface area contributed by atoms with Crippen molar-refractivity contribution in [3.05, 3.63) is 34.4 Å². The zero-order valence-corrected chi connectivity index (χ0v) is 10.7. The van der Waals surface area contributed by atoms with Gasteiger partial charge in [0.25, 0.3) is 5.69 Å². The Labute approximate surface area is 99.9 Å². The van der Waals surface area contributed by atoms with Gasteiger partial charge in [-0.05, 0) is 45.8 Å². The molecule has 1 aromatic carbocycles. The molecular weight excluding hydrogens is 224 g/mol. The molecule has 0 aliphatic carbocycles. The molecule has 0 saturated carbocycles. The Morgan fingerprint density at radius 2 is 1.88 bits per heavy atom. The minimum absolute atomic E-state index is 0.0334. The average molecular weight is 240 g/mol. The van der Waals surface area contributed by atoms with Gasteiger partial charge >= 0.3 is 0 Å². The summed E-state index contributed by atoms with van der Waals surface area (Å²) in [6, 6.07) is 6.79. The lowest BCUT2D eigenvalue weighted by atomic mass is 10.1. The lowest BCUT2D eigenvalue weighted by Gasteiger charge is -2.30. The van der Waals surface area contributed by atoms with Gasteiger partial charge in [-0.2, -0.15) is 0 Å². The molecule has 0 aromatic heterocycles. The molecule has 5 heteroatoms. The molecule has 0 saturated heterocycles. The second kappa shape index (κ2) is 4.84. The highest BCUT2D eigenvalue weighted by molar-refractivity contribution is 7.97. The third kappa shape index (κ3) is 3.21. The van der Waals surface area contributed by atoms with Gasteiger partial charge in [-0.15, -0.1) is 0 Å². The Morgan fingerprint density at radius 1 is 1.31 bits per heavy atom. The number of nitro groups is 1. The van der Waals surface area contributed by atoms with E-state index in [0.29, 0.717) is 4.90 Å². The summed E-state index contributed by atoms with van der Waals surface area (Å²) in [6.45, 7) is 6.19. The maximum Gasteiger partial charge on any atom is 0.284 e. The van der Waals surface area contributed by atoms with Crippen molar-refractivity contribution in [1.82, 2.24) is 4.31 Å². The van der Waals surface area contributed by atoms with Crippen molar-refractivity contribution >= 4 is 17.6 Å². The topological polar surface area (TPSA) is 46.4 Å². The Morgan fingerprint density at radius 3 is 2.38 bits per heavy atom. The Hall–Kier alpha value is -1.07. The lowest BCUT2D eigenvalue weighted by Crippen LogP contribution is -2.32. The van der Waals surface area contributed by atoms with E-state index in [9.17, 15) is 10.1 Å². The highest BCUT2D eigenvalue weighted by Gasteiger charge is 2.21. The van der Waals surface area contributed by atoms with Crippen molar-refractivity contribution in [2.75, 3.05) is 7.05 Å². The van der Waals surface area contributed by atoms with Crippen LogP contribution in [0.25, 0.3) is 0 Å². The number of benzene rings is 1. The van der Waals surface area contributed by atoms with Crippen LogP contribution in [0.1, 0.15) is 20.8 Å². The van der Waals surface area contributed by atoms with Gasteiger partial charge in [0.05, 0.1) is 4.92 Å². The first-order valence-electron chi connectivity index (χ1n) is 4.97. The van der Waals surface area contributed by atoms with Gasteiger partial charge in [-0.25, -0.2) is 4.31 Å². The van der Waals surface area contributed by atoms with Crippen molar-refractivity contribution in [3.63, 3.8) is 0 Å². The van der Waals surface area contributed by atoms with Crippen LogP contribution in [0.5, 0.6) is 0 Å². The van der Waals surface area contributed by atoms with E-state index in [1.54, 1.807) is 12.1 Å². The molecule has 0 unspecified atom stereocenters. The number of hydrogen-bond donors (Lipinski definition) is 0. The van der Waals surface area contributed by atoms with Gasteiger partial charge < -0.3 is 0 Å². The van der Waals surface area contributed by atoms with E-state index in [4.69, 9.17) is 0 Å². The van der Waals surface area contributed by atoms with E-state index < -0.39 is 0 Å². The molecule has 0 aliphatic heterocycles. The highest BCUT2D eigenvalue weighted by atomic mass is 32.2. The summed E-state index contributed by atoms with van der Waals surface area (Å²) in [5.41, 5.74) is 0.123. The normalized spacial score (nSPS) is 11.8. The van der Waals surface area contributed by atoms with Crippen LogP contribution in [-0.2, 0) is 0 Å². The van der Waals surface area contributed by atoms with Crippen LogP contribution in [0.2, 0.25) is 0 Å². The molecule has 0 atom stereocenters. The molecule has 1 aromatic rings. The molecule has 0 N–H and O–H groups in total. The smallest absolute Gasteiger partial charge is 0.258 e. The summed E-state index contributed by atoms with van der Waals surface area (Å²) >= 11 is 1.40. The minimum atomic E-state index is -0.348. The van der Waals surface area contributed by atoms with Crippen molar-refractivity contribution in [1.29, 1.82) is 0 Å². The molecule has 0 heterocycles. The maximum atomic E-state index is 10.8. The van der Waals surface area contributed by atoms with E-state index in [-0.39, 0.29) is 16.1 Å². The third-order valence-corrected chi connectivity index (χ3v) is 3.61. The average Bonchev–Trinajstić information content (AvgIpc) is 2.16. The zero-order valence-electron chi connectivity index (χ0n) is 9.93. The van der Waals surface area contributed by atoms with Gasteiger partial charge in [0.2, 0.25) is 0 Å². The Balaban J connectivity index is 2.93. The molecule has 1 rings (SSSR count). The van der Waals surface area contributed by atoms with Crippen LogP contribution < -0.4 is 0 Å². The molecule has 0 amide bonds. The first-order chi connectivity index (χ1) is 7.32. The van der Waals surface area contributed by atoms with Gasteiger partial charge in [0, 0.05) is 11.6 Å². The van der Waals surface area contributed by atoms with Crippen LogP contribution in [0.3, 0.4) is 0 Å². The molecule has 0 aliphatic rings. The predicted octanol–water partition coefficient (Wildman–Crippen LogP) is 3.33. The lowest BCUT2D eigenvalue weighted by molar-refractivity contribution is -0.387. The van der Waals surface area contributed by atoms with E-state index in [1.807, 2.05) is 17.4 Å². The Kier molecular flexibility index (Phi) is 3.93. The van der Waals surface area contributed by atoms with Crippen molar-refractivity contribution in [3.8, 4) is 0 Å². The van der Waals surface area contributed by atoms with Crippen LogP contribution in [0.4, 0.5) is 5.69 Å². The van der Waals surface area contributed by atoms with Gasteiger partial charge in [0.15, 0.2) is 0 Å². The predicted molar refractivity (Wildman–Crippen MR) is 66.5 cm³/mol. The summed E-state index contributed by atoms with van der Waals surface area (Å²) in [6.07, 6.45) is 0. The van der Waals surface area contributed by atoms with Gasteiger partial charge in [-0.3, -0.25) is 10.1 Å². The van der Waals surface area contributed by atoms with Gasteiger partial charge in [-0.1, -0.05) is 12.1 Å². The van der Waals surface area contributed by atoms with Crippen molar-refractivity contribution < 1.29 is 4.92 Å². The van der Waals surface area contributed by atoms with E-state index in [1.165, 1.54) is 18.0 Å². The fraction of sp³-hybridized carbons (Fsp3) is 0.455. The maximum absolute atomic E-state index is 10.8. The quantitative estimate of drug-likeness (QED) is 0.462. The fourth-order valence-electron chi connectivity index (χ4n) is 0.970. The SMILES string of the molecule is CN(Sc1ccccc1[N+](=O)[O-])C(C)(C)C. The van der Waals surface area contributed by atoms with E-state index in [0.717, 1.165) is 0 Å². The summed E-state index contributed by atoms with van der Waals surface area (Å²) in [4.78, 5) is 11.1. The Bertz CT molecular complexity index is 388. The van der Waals surface area contributed by atoms with Crippen molar-refractivity contribution in [2.45, 2.75) is 31.2 Å². The molecule has 16 heavy (non-hydrogen) atoms. The first-order valence-corrected chi connectivity index (χ1v) is 5.75. The minimum Gasteiger partial charge on any atom is -0.258 e. The summed E-state index contributed by atoms with van der Waals surface area (Å²) in [5, 5.41) is 10.8. The first kappa shape index (κ1) is 13.0. The summed E-state index contributed by atoms with van der Waals surface area (Å²) in [7, 11) is 1.93. The number of para-hydroxylation sites is 1. The molecule has 0 fully saturated rings. The third-order valence-electron chi connectivity index (χ3n) is 2.24. The van der Waals surface area contributed by atoms with Crippen molar-refractivity contribution in [2.24, 2.45) is 0 Å². The second-order valence-corrected chi connectivity index (χ2v) is 5.65. The largest absolute Gasteiger partial charge is 0.284 e. The number of nitro benzene ring substituents is 1. The second-order valence-electron chi connectivity index (χ2n) is 4.48. The molecule has 0 spiro atoms. The monoisotopic (exact) mass is 240 g/mol. The van der Waals surface area contributed by atoms with Crippen LogP contribution >= 0.6 is 11.9 Å².